The average Bonchev–Trinajstić information content (AvgIpc) is 2.66. The van der Waals surface area contributed by atoms with E-state index in [1.165, 1.54) is 0 Å². The van der Waals surface area contributed by atoms with Crippen molar-refractivity contribution in [3.63, 3.8) is 0 Å². The van der Waals surface area contributed by atoms with Crippen LogP contribution in [0.1, 0.15) is 19.3 Å². The molecule has 1 heterocycles. The van der Waals surface area contributed by atoms with Gasteiger partial charge in [0.05, 0.1) is 0 Å². The van der Waals surface area contributed by atoms with E-state index in [4.69, 9.17) is 10.8 Å². The normalized spacial score (nSPS) is 22.3. The summed E-state index contributed by atoms with van der Waals surface area (Å²) >= 11 is 0. The van der Waals surface area contributed by atoms with E-state index in [1.807, 2.05) is 0 Å². The number of carbonyl (C=O) groups is 2. The zero-order chi connectivity index (χ0) is 11.3. The lowest BCUT2D eigenvalue weighted by Crippen LogP contribution is -2.43. The van der Waals surface area contributed by atoms with E-state index < -0.39 is 12.0 Å². The fraction of sp³-hybridized carbons (Fsp3) is 0.778. The molecule has 86 valence electrons. The van der Waals surface area contributed by atoms with Gasteiger partial charge in [-0.05, 0) is 19.4 Å². The Bertz CT molecular complexity index is 239. The van der Waals surface area contributed by atoms with Crippen molar-refractivity contribution in [3.8, 4) is 0 Å². The molecule has 15 heavy (non-hydrogen) atoms. The van der Waals surface area contributed by atoms with Crippen LogP contribution in [0.4, 0.5) is 0 Å². The Hall–Kier alpha value is -1.14. The summed E-state index contributed by atoms with van der Waals surface area (Å²) in [5.74, 6) is -1.25. The average molecular weight is 215 g/mol. The minimum Gasteiger partial charge on any atom is -0.480 e. The van der Waals surface area contributed by atoms with Crippen LogP contribution >= 0.6 is 0 Å². The van der Waals surface area contributed by atoms with E-state index in [0.717, 1.165) is 19.4 Å². The van der Waals surface area contributed by atoms with Crippen LogP contribution in [0.5, 0.6) is 0 Å². The first-order valence-electron chi connectivity index (χ1n) is 5.08. The molecule has 1 fully saturated rings. The highest BCUT2D eigenvalue weighted by atomic mass is 16.4. The van der Waals surface area contributed by atoms with E-state index in [2.05, 4.69) is 10.6 Å². The molecule has 0 aromatic carbocycles. The third-order valence-corrected chi connectivity index (χ3v) is 2.43. The molecule has 0 aliphatic carbocycles. The second-order valence-electron chi connectivity index (χ2n) is 3.75. The second-order valence-corrected chi connectivity index (χ2v) is 3.75. The van der Waals surface area contributed by atoms with E-state index in [0.29, 0.717) is 6.42 Å². The summed E-state index contributed by atoms with van der Waals surface area (Å²) in [4.78, 5) is 21.7. The highest BCUT2D eigenvalue weighted by molar-refractivity contribution is 5.78. The zero-order valence-corrected chi connectivity index (χ0v) is 8.53. The Labute approximate surface area is 88.2 Å². The van der Waals surface area contributed by atoms with Gasteiger partial charge in [0.15, 0.2) is 0 Å². The molecule has 6 nitrogen and oxygen atoms in total. The standard InChI is InChI=1S/C9H17N3O3/c10-7(9(14)15)5-12-8(13)4-6-2-1-3-11-6/h6-7,11H,1-5,10H2,(H,12,13)(H,14,15)/t6?,7-/m0/s1. The van der Waals surface area contributed by atoms with Crippen molar-refractivity contribution in [1.82, 2.24) is 10.6 Å². The maximum Gasteiger partial charge on any atom is 0.322 e. The molecule has 1 amide bonds. The number of hydrogen-bond donors (Lipinski definition) is 4. The van der Waals surface area contributed by atoms with Crippen LogP contribution in [0.3, 0.4) is 0 Å². The molecule has 0 aromatic heterocycles. The van der Waals surface area contributed by atoms with Crippen LogP contribution in [-0.2, 0) is 9.59 Å². The number of amides is 1. The number of carbonyl (C=O) groups excluding carboxylic acids is 1. The first-order chi connectivity index (χ1) is 7.09. The lowest BCUT2D eigenvalue weighted by Gasteiger charge is -2.11. The highest BCUT2D eigenvalue weighted by Gasteiger charge is 2.18. The zero-order valence-electron chi connectivity index (χ0n) is 8.53. The maximum absolute atomic E-state index is 11.3. The Kier molecular flexibility index (Phi) is 4.51. The summed E-state index contributed by atoms with van der Waals surface area (Å²) in [6.45, 7) is 0.938. The molecule has 2 atom stereocenters. The van der Waals surface area contributed by atoms with Gasteiger partial charge in [-0.3, -0.25) is 9.59 Å². The second kappa shape index (κ2) is 5.67. The number of hydrogen-bond acceptors (Lipinski definition) is 4. The minimum absolute atomic E-state index is 0.0130. The SMILES string of the molecule is N[C@@H](CNC(=O)CC1CCCN1)C(=O)O. The summed E-state index contributed by atoms with van der Waals surface area (Å²) in [7, 11) is 0. The van der Waals surface area contributed by atoms with Gasteiger partial charge in [0, 0.05) is 19.0 Å². The van der Waals surface area contributed by atoms with Gasteiger partial charge in [-0.25, -0.2) is 0 Å². The van der Waals surface area contributed by atoms with Gasteiger partial charge in [-0.15, -0.1) is 0 Å². The molecule has 0 aromatic rings. The fourth-order valence-electron chi connectivity index (χ4n) is 1.54. The number of rotatable bonds is 5. The number of nitrogens with one attached hydrogen (secondary N) is 2. The van der Waals surface area contributed by atoms with Crippen molar-refractivity contribution in [2.45, 2.75) is 31.3 Å². The van der Waals surface area contributed by atoms with Gasteiger partial charge < -0.3 is 21.5 Å². The summed E-state index contributed by atoms with van der Waals surface area (Å²) in [6, 6.07) is -0.795. The number of carboxylic acids is 1. The van der Waals surface area contributed by atoms with Gasteiger partial charge in [0.1, 0.15) is 6.04 Å². The van der Waals surface area contributed by atoms with Crippen LogP contribution in [-0.4, -0.2) is 42.2 Å². The molecule has 1 rings (SSSR count). The number of aliphatic carboxylic acids is 1. The predicted molar refractivity (Wildman–Crippen MR) is 54.3 cm³/mol. The monoisotopic (exact) mass is 215 g/mol. The highest BCUT2D eigenvalue weighted by Crippen LogP contribution is 2.07. The number of nitrogens with two attached hydrogens (primary N) is 1. The molecule has 6 heteroatoms. The van der Waals surface area contributed by atoms with Gasteiger partial charge >= 0.3 is 5.97 Å². The molecular formula is C9H17N3O3. The largest absolute Gasteiger partial charge is 0.480 e. The van der Waals surface area contributed by atoms with E-state index in [1.54, 1.807) is 0 Å². The summed E-state index contributed by atoms with van der Waals surface area (Å²) < 4.78 is 0. The predicted octanol–water partition coefficient (Wildman–Crippen LogP) is -1.34. The van der Waals surface area contributed by atoms with E-state index in [9.17, 15) is 9.59 Å². The van der Waals surface area contributed by atoms with Crippen LogP contribution in [0.15, 0.2) is 0 Å². The minimum atomic E-state index is -1.10. The smallest absolute Gasteiger partial charge is 0.322 e. The summed E-state index contributed by atoms with van der Waals surface area (Å²) in [5.41, 5.74) is 5.24. The van der Waals surface area contributed by atoms with Crippen molar-refractivity contribution < 1.29 is 14.7 Å². The summed E-state index contributed by atoms with van der Waals surface area (Å²) in [5, 5.41) is 14.2. The van der Waals surface area contributed by atoms with Crippen LogP contribution in [0.25, 0.3) is 0 Å². The van der Waals surface area contributed by atoms with Gasteiger partial charge in [-0.1, -0.05) is 0 Å². The molecule has 0 saturated carbocycles. The van der Waals surface area contributed by atoms with Gasteiger partial charge in [-0.2, -0.15) is 0 Å². The topological polar surface area (TPSA) is 104 Å². The third kappa shape index (κ3) is 4.26. The lowest BCUT2D eigenvalue weighted by molar-refractivity contribution is -0.138. The quantitative estimate of drug-likeness (QED) is 0.454. The fourth-order valence-corrected chi connectivity index (χ4v) is 1.54. The van der Waals surface area contributed by atoms with Gasteiger partial charge in [0.25, 0.3) is 0 Å². The third-order valence-electron chi connectivity index (χ3n) is 2.43. The Morgan fingerprint density at radius 2 is 2.33 bits per heavy atom. The maximum atomic E-state index is 11.3. The molecular weight excluding hydrogens is 198 g/mol. The van der Waals surface area contributed by atoms with E-state index >= 15 is 0 Å². The molecule has 1 saturated heterocycles. The van der Waals surface area contributed by atoms with Crippen molar-refractivity contribution >= 4 is 11.9 Å². The number of carboxylic acid groups (broad SMARTS) is 1. The van der Waals surface area contributed by atoms with Gasteiger partial charge in [0.2, 0.25) is 5.91 Å². The first kappa shape index (κ1) is 11.9. The van der Waals surface area contributed by atoms with Crippen molar-refractivity contribution in [3.05, 3.63) is 0 Å². The summed E-state index contributed by atoms with van der Waals surface area (Å²) in [6.07, 6.45) is 2.48. The first-order valence-corrected chi connectivity index (χ1v) is 5.08. The lowest BCUT2D eigenvalue weighted by atomic mass is 10.1. The molecule has 1 aliphatic rings. The molecule has 1 unspecified atom stereocenters. The molecule has 0 radical (unpaired) electrons. The molecule has 0 spiro atoms. The molecule has 0 bridgehead atoms. The van der Waals surface area contributed by atoms with Crippen LogP contribution in [0.2, 0.25) is 0 Å². The Balaban J connectivity index is 2.15. The van der Waals surface area contributed by atoms with Crippen LogP contribution < -0.4 is 16.4 Å². The van der Waals surface area contributed by atoms with Crippen molar-refractivity contribution in [2.24, 2.45) is 5.73 Å². The van der Waals surface area contributed by atoms with Crippen LogP contribution in [0, 0.1) is 0 Å². The van der Waals surface area contributed by atoms with Crippen molar-refractivity contribution in [1.29, 1.82) is 0 Å². The van der Waals surface area contributed by atoms with Crippen molar-refractivity contribution in [2.75, 3.05) is 13.1 Å². The van der Waals surface area contributed by atoms with E-state index in [-0.39, 0.29) is 18.5 Å². The molecule has 5 N–H and O–H groups in total. The molecule has 1 aliphatic heterocycles. The Morgan fingerprint density at radius 1 is 1.60 bits per heavy atom. The Morgan fingerprint density at radius 3 is 2.87 bits per heavy atom.